The van der Waals surface area contributed by atoms with Crippen molar-refractivity contribution in [3.8, 4) is 5.88 Å². The summed E-state index contributed by atoms with van der Waals surface area (Å²) in [6.07, 6.45) is -4.04. The second kappa shape index (κ2) is 7.16. The maximum atomic E-state index is 13.3. The summed E-state index contributed by atoms with van der Waals surface area (Å²) in [6, 6.07) is 3.19. The zero-order chi connectivity index (χ0) is 17.0. The van der Waals surface area contributed by atoms with Crippen LogP contribution in [0.4, 0.5) is 13.2 Å². The number of nitrogens with one attached hydrogen (secondary N) is 1. The molecule has 0 bridgehead atoms. The summed E-state index contributed by atoms with van der Waals surface area (Å²) < 4.78 is 44.8. The number of aromatic nitrogens is 1. The molecule has 1 aliphatic rings. The molecular formula is C15H20F3N3O2. The zero-order valence-electron chi connectivity index (χ0n) is 13.1. The van der Waals surface area contributed by atoms with Gasteiger partial charge in [-0.25, -0.2) is 4.98 Å². The molecule has 0 spiro atoms. The van der Waals surface area contributed by atoms with Crippen LogP contribution >= 0.6 is 0 Å². The third kappa shape index (κ3) is 4.82. The van der Waals surface area contributed by atoms with Crippen LogP contribution in [0.5, 0.6) is 5.88 Å². The van der Waals surface area contributed by atoms with E-state index in [0.717, 1.165) is 0 Å². The van der Waals surface area contributed by atoms with Crippen molar-refractivity contribution < 1.29 is 22.7 Å². The number of piperidine rings is 1. The van der Waals surface area contributed by atoms with Gasteiger partial charge in [0.2, 0.25) is 11.8 Å². The van der Waals surface area contributed by atoms with Crippen LogP contribution in [0.25, 0.3) is 0 Å². The monoisotopic (exact) mass is 331 g/mol. The predicted molar refractivity (Wildman–Crippen MR) is 77.9 cm³/mol. The summed E-state index contributed by atoms with van der Waals surface area (Å²) in [4.78, 5) is 16.7. The zero-order valence-corrected chi connectivity index (χ0v) is 13.1. The highest BCUT2D eigenvalue weighted by Gasteiger charge is 2.46. The number of pyridine rings is 1. The van der Waals surface area contributed by atoms with E-state index in [4.69, 9.17) is 4.74 Å². The van der Waals surface area contributed by atoms with Crippen molar-refractivity contribution in [2.45, 2.75) is 44.6 Å². The number of amides is 1. The normalized spacial score (nSPS) is 22.7. The van der Waals surface area contributed by atoms with Gasteiger partial charge in [-0.05, 0) is 18.9 Å². The van der Waals surface area contributed by atoms with Gasteiger partial charge in [-0.2, -0.15) is 13.2 Å². The molecule has 2 atom stereocenters. The Morgan fingerprint density at radius 1 is 1.43 bits per heavy atom. The van der Waals surface area contributed by atoms with Gasteiger partial charge in [-0.1, -0.05) is 6.07 Å². The molecule has 23 heavy (non-hydrogen) atoms. The first-order valence-corrected chi connectivity index (χ1v) is 7.37. The van der Waals surface area contributed by atoms with Crippen LogP contribution in [0, 0.1) is 0 Å². The van der Waals surface area contributed by atoms with E-state index in [-0.39, 0.29) is 31.5 Å². The van der Waals surface area contributed by atoms with E-state index in [0.29, 0.717) is 18.0 Å². The van der Waals surface area contributed by atoms with E-state index < -0.39 is 12.2 Å². The van der Waals surface area contributed by atoms with Crippen molar-refractivity contribution in [1.82, 2.24) is 15.2 Å². The molecule has 0 saturated carbocycles. The number of halogens is 3. The van der Waals surface area contributed by atoms with Gasteiger partial charge in [0.25, 0.3) is 0 Å². The number of hydrogen-bond acceptors (Lipinski definition) is 4. The molecule has 1 aliphatic heterocycles. The van der Waals surface area contributed by atoms with Crippen molar-refractivity contribution in [3.63, 3.8) is 0 Å². The molecule has 0 aliphatic carbocycles. The average Bonchev–Trinajstić information content (AvgIpc) is 2.45. The molecule has 1 amide bonds. The van der Waals surface area contributed by atoms with E-state index in [2.05, 4.69) is 10.3 Å². The van der Waals surface area contributed by atoms with E-state index in [1.165, 1.54) is 18.9 Å². The fraction of sp³-hybridized carbons (Fsp3) is 0.600. The first-order valence-electron chi connectivity index (χ1n) is 7.37. The van der Waals surface area contributed by atoms with Gasteiger partial charge < -0.3 is 10.1 Å². The summed E-state index contributed by atoms with van der Waals surface area (Å²) in [5.41, 5.74) is 0.502. The maximum absolute atomic E-state index is 13.3. The number of methoxy groups -OCH3 is 1. The highest BCUT2D eigenvalue weighted by atomic mass is 19.4. The molecule has 0 radical (unpaired) electrons. The lowest BCUT2D eigenvalue weighted by Crippen LogP contribution is -2.55. The summed E-state index contributed by atoms with van der Waals surface area (Å²) in [7, 11) is 1.46. The fourth-order valence-electron chi connectivity index (χ4n) is 2.86. The number of ether oxygens (including phenoxy) is 1. The fourth-order valence-corrected chi connectivity index (χ4v) is 2.86. The number of alkyl halides is 3. The summed E-state index contributed by atoms with van der Waals surface area (Å²) in [5.74, 6) is 0.126. The largest absolute Gasteiger partial charge is 0.481 e. The molecule has 2 unspecified atom stereocenters. The van der Waals surface area contributed by atoms with Gasteiger partial charge in [-0.15, -0.1) is 0 Å². The van der Waals surface area contributed by atoms with E-state index in [9.17, 15) is 18.0 Å². The third-order valence-corrected chi connectivity index (χ3v) is 3.82. The average molecular weight is 331 g/mol. The molecule has 1 saturated heterocycles. The molecule has 1 aromatic rings. The molecule has 5 nitrogen and oxygen atoms in total. The van der Waals surface area contributed by atoms with Crippen LogP contribution in [-0.2, 0) is 11.3 Å². The first kappa shape index (κ1) is 17.5. The first-order chi connectivity index (χ1) is 10.8. The molecule has 1 N–H and O–H groups in total. The molecular weight excluding hydrogens is 311 g/mol. The van der Waals surface area contributed by atoms with Crippen LogP contribution in [0.15, 0.2) is 18.2 Å². The molecule has 2 rings (SSSR count). The van der Waals surface area contributed by atoms with Crippen LogP contribution in [0.2, 0.25) is 0 Å². The maximum Gasteiger partial charge on any atom is 0.404 e. The molecule has 8 heteroatoms. The number of nitrogens with zero attached hydrogens (tertiary/aromatic N) is 2. The minimum atomic E-state index is -4.31. The Balaban J connectivity index is 2.15. The van der Waals surface area contributed by atoms with Crippen molar-refractivity contribution in [1.29, 1.82) is 0 Å². The Hall–Kier alpha value is -1.83. The van der Waals surface area contributed by atoms with E-state index in [1.807, 2.05) is 0 Å². The number of rotatable bonds is 4. The van der Waals surface area contributed by atoms with Gasteiger partial charge in [0, 0.05) is 32.1 Å². The van der Waals surface area contributed by atoms with Gasteiger partial charge in [0.15, 0.2) is 0 Å². The van der Waals surface area contributed by atoms with Crippen LogP contribution in [0.3, 0.4) is 0 Å². The Bertz CT molecular complexity index is 551. The lowest BCUT2D eigenvalue weighted by atomic mass is 9.97. The molecule has 1 aromatic heterocycles. The molecule has 0 aromatic carbocycles. The van der Waals surface area contributed by atoms with Gasteiger partial charge >= 0.3 is 6.18 Å². The lowest BCUT2D eigenvalue weighted by molar-refractivity contribution is -0.194. The van der Waals surface area contributed by atoms with Gasteiger partial charge in [0.05, 0.1) is 12.8 Å². The Labute approximate surface area is 132 Å². The van der Waals surface area contributed by atoms with Crippen molar-refractivity contribution in [3.05, 3.63) is 23.9 Å². The topological polar surface area (TPSA) is 54.5 Å². The minimum absolute atomic E-state index is 0.0432. The Morgan fingerprint density at radius 3 is 2.78 bits per heavy atom. The Morgan fingerprint density at radius 2 is 2.17 bits per heavy atom. The van der Waals surface area contributed by atoms with Crippen LogP contribution < -0.4 is 10.1 Å². The number of carbonyl (C=O) groups excluding carboxylic acids is 1. The second-order valence-electron chi connectivity index (χ2n) is 5.63. The van der Waals surface area contributed by atoms with E-state index >= 15 is 0 Å². The van der Waals surface area contributed by atoms with Crippen LogP contribution in [-0.4, -0.2) is 47.7 Å². The van der Waals surface area contributed by atoms with Crippen molar-refractivity contribution in [2.75, 3.05) is 13.7 Å². The van der Waals surface area contributed by atoms with Crippen LogP contribution in [0.1, 0.15) is 25.5 Å². The Kier molecular flexibility index (Phi) is 5.46. The highest BCUT2D eigenvalue weighted by molar-refractivity contribution is 5.73. The SMILES string of the molecule is COc1cccc(CN2CC(NC(C)=O)CCC2C(F)(F)F)n1. The quantitative estimate of drug-likeness (QED) is 0.918. The smallest absolute Gasteiger partial charge is 0.404 e. The number of carbonyl (C=O) groups is 1. The molecule has 2 heterocycles. The summed E-state index contributed by atoms with van der Waals surface area (Å²) >= 11 is 0. The third-order valence-electron chi connectivity index (χ3n) is 3.82. The van der Waals surface area contributed by atoms with E-state index in [1.54, 1.807) is 18.2 Å². The molecule has 128 valence electrons. The number of hydrogen-bond donors (Lipinski definition) is 1. The highest BCUT2D eigenvalue weighted by Crippen LogP contribution is 2.32. The van der Waals surface area contributed by atoms with Crippen molar-refractivity contribution in [2.24, 2.45) is 0 Å². The predicted octanol–water partition coefficient (Wildman–Crippen LogP) is 2.12. The number of likely N-dealkylation sites (tertiary alicyclic amines) is 1. The second-order valence-corrected chi connectivity index (χ2v) is 5.63. The summed E-state index contributed by atoms with van der Waals surface area (Å²) in [6.45, 7) is 1.56. The van der Waals surface area contributed by atoms with Gasteiger partial charge in [-0.3, -0.25) is 9.69 Å². The lowest BCUT2D eigenvalue weighted by Gasteiger charge is -2.40. The summed E-state index contributed by atoms with van der Waals surface area (Å²) in [5, 5.41) is 2.70. The minimum Gasteiger partial charge on any atom is -0.481 e. The standard InChI is InChI=1S/C15H20F3N3O2/c1-10(22)19-12-6-7-13(15(16,17)18)21(9-12)8-11-4-3-5-14(20-11)23-2/h3-5,12-13H,6-9H2,1-2H3,(H,19,22). The van der Waals surface area contributed by atoms with Gasteiger partial charge in [0.1, 0.15) is 6.04 Å². The molecule has 1 fully saturated rings. The van der Waals surface area contributed by atoms with Crippen molar-refractivity contribution >= 4 is 5.91 Å².